The zero-order chi connectivity index (χ0) is 13.9. The minimum Gasteiger partial charge on any atom is -0.493 e. The summed E-state index contributed by atoms with van der Waals surface area (Å²) in [4.78, 5) is 22.0. The van der Waals surface area contributed by atoms with Gasteiger partial charge in [-0.2, -0.15) is 0 Å². The van der Waals surface area contributed by atoms with Crippen molar-refractivity contribution in [1.82, 2.24) is 0 Å². The van der Waals surface area contributed by atoms with Crippen molar-refractivity contribution in [3.8, 4) is 17.2 Å². The summed E-state index contributed by atoms with van der Waals surface area (Å²) in [6, 6.07) is 1.23. The molecule has 0 fully saturated rings. The number of methoxy groups -OCH3 is 2. The number of esters is 1. The molecule has 0 atom stereocenters. The van der Waals surface area contributed by atoms with Crippen molar-refractivity contribution in [3.63, 3.8) is 0 Å². The molecule has 98 valence electrons. The van der Waals surface area contributed by atoms with Crippen molar-refractivity contribution in [3.05, 3.63) is 16.7 Å². The van der Waals surface area contributed by atoms with Crippen LogP contribution in [0.1, 0.15) is 17.3 Å². The standard InChI is InChI=1S/C11H11ClO6/c1-5(13)18-6-4-7(16-2)10(17-3)9(12)8(6)11(14)15/h4H,1-3H3,(H,14,15). The highest BCUT2D eigenvalue weighted by Crippen LogP contribution is 2.42. The van der Waals surface area contributed by atoms with E-state index in [1.165, 1.54) is 20.3 Å². The molecule has 6 nitrogen and oxygen atoms in total. The monoisotopic (exact) mass is 274 g/mol. The van der Waals surface area contributed by atoms with Gasteiger partial charge in [0.05, 0.1) is 14.2 Å². The maximum atomic E-state index is 11.1. The van der Waals surface area contributed by atoms with Crippen LogP contribution in [0.4, 0.5) is 0 Å². The van der Waals surface area contributed by atoms with E-state index in [-0.39, 0.29) is 27.8 Å². The second kappa shape index (κ2) is 5.59. The Hall–Kier alpha value is -1.95. The highest BCUT2D eigenvalue weighted by Gasteiger charge is 2.24. The normalized spacial score (nSPS) is 9.78. The van der Waals surface area contributed by atoms with Crippen molar-refractivity contribution in [2.75, 3.05) is 14.2 Å². The largest absolute Gasteiger partial charge is 0.493 e. The molecule has 1 aromatic carbocycles. The molecule has 0 saturated heterocycles. The second-order valence-electron chi connectivity index (χ2n) is 3.20. The van der Waals surface area contributed by atoms with Crippen LogP contribution >= 0.6 is 11.6 Å². The zero-order valence-electron chi connectivity index (χ0n) is 9.94. The minimum atomic E-state index is -1.34. The third-order valence-electron chi connectivity index (χ3n) is 2.04. The fraction of sp³-hybridized carbons (Fsp3) is 0.273. The number of ether oxygens (including phenoxy) is 3. The van der Waals surface area contributed by atoms with Crippen LogP contribution in [0.3, 0.4) is 0 Å². The van der Waals surface area contributed by atoms with Gasteiger partial charge in [0.1, 0.15) is 10.6 Å². The Kier molecular flexibility index (Phi) is 4.38. The van der Waals surface area contributed by atoms with Gasteiger partial charge in [-0.05, 0) is 0 Å². The summed E-state index contributed by atoms with van der Waals surface area (Å²) in [5.74, 6) is -1.97. The fourth-order valence-electron chi connectivity index (χ4n) is 1.36. The van der Waals surface area contributed by atoms with Crippen LogP contribution in [0, 0.1) is 0 Å². The quantitative estimate of drug-likeness (QED) is 0.668. The van der Waals surface area contributed by atoms with Crippen LogP contribution in [0.15, 0.2) is 6.07 Å². The maximum Gasteiger partial charge on any atom is 0.341 e. The van der Waals surface area contributed by atoms with Crippen molar-refractivity contribution in [2.24, 2.45) is 0 Å². The van der Waals surface area contributed by atoms with Gasteiger partial charge in [-0.3, -0.25) is 4.79 Å². The highest BCUT2D eigenvalue weighted by atomic mass is 35.5. The first-order chi connectivity index (χ1) is 8.42. The minimum absolute atomic E-state index is 0.0625. The van der Waals surface area contributed by atoms with E-state index in [1.54, 1.807) is 0 Å². The summed E-state index contributed by atoms with van der Waals surface area (Å²) >= 11 is 5.90. The third kappa shape index (κ3) is 2.65. The molecule has 0 aliphatic carbocycles. The lowest BCUT2D eigenvalue weighted by molar-refractivity contribution is -0.131. The molecule has 0 aliphatic heterocycles. The Labute approximate surface area is 108 Å². The number of rotatable bonds is 4. The van der Waals surface area contributed by atoms with Crippen molar-refractivity contribution in [1.29, 1.82) is 0 Å². The molecular weight excluding hydrogens is 264 g/mol. The molecule has 0 heterocycles. The van der Waals surface area contributed by atoms with Gasteiger partial charge in [0, 0.05) is 13.0 Å². The first-order valence-electron chi connectivity index (χ1n) is 4.78. The molecule has 1 aromatic rings. The van der Waals surface area contributed by atoms with Gasteiger partial charge < -0.3 is 19.3 Å². The molecule has 18 heavy (non-hydrogen) atoms. The number of carbonyl (C=O) groups is 2. The fourth-order valence-corrected chi connectivity index (χ4v) is 1.71. The number of hydrogen-bond acceptors (Lipinski definition) is 5. The summed E-state index contributed by atoms with van der Waals surface area (Å²) in [7, 11) is 2.67. The van der Waals surface area contributed by atoms with E-state index in [1.807, 2.05) is 0 Å². The Morgan fingerprint density at radius 2 is 1.83 bits per heavy atom. The van der Waals surface area contributed by atoms with Crippen molar-refractivity contribution >= 4 is 23.5 Å². The van der Waals surface area contributed by atoms with Gasteiger partial charge in [0.15, 0.2) is 17.2 Å². The van der Waals surface area contributed by atoms with Gasteiger partial charge in [0.25, 0.3) is 0 Å². The van der Waals surface area contributed by atoms with E-state index in [0.717, 1.165) is 6.92 Å². The van der Waals surface area contributed by atoms with Gasteiger partial charge in [0.2, 0.25) is 0 Å². The van der Waals surface area contributed by atoms with Crippen molar-refractivity contribution in [2.45, 2.75) is 6.92 Å². The summed E-state index contributed by atoms with van der Waals surface area (Å²) in [5, 5.41) is 8.88. The first-order valence-corrected chi connectivity index (χ1v) is 5.16. The van der Waals surface area contributed by atoms with E-state index in [9.17, 15) is 9.59 Å². The van der Waals surface area contributed by atoms with Crippen LogP contribution < -0.4 is 14.2 Å². The lowest BCUT2D eigenvalue weighted by atomic mass is 10.1. The number of aromatic carboxylic acids is 1. The molecule has 1 N–H and O–H groups in total. The van der Waals surface area contributed by atoms with Crippen LogP contribution in [-0.4, -0.2) is 31.3 Å². The summed E-state index contributed by atoms with van der Waals surface area (Å²) in [5.41, 5.74) is -0.357. The second-order valence-corrected chi connectivity index (χ2v) is 3.58. The van der Waals surface area contributed by atoms with Crippen LogP contribution in [0.25, 0.3) is 0 Å². The Morgan fingerprint density at radius 3 is 2.22 bits per heavy atom. The summed E-state index contributed by atoms with van der Waals surface area (Å²) < 4.78 is 14.7. The number of carbonyl (C=O) groups excluding carboxylic acids is 1. The lowest BCUT2D eigenvalue weighted by Gasteiger charge is -2.14. The molecule has 0 saturated carbocycles. The molecule has 0 bridgehead atoms. The number of benzene rings is 1. The predicted molar refractivity (Wildman–Crippen MR) is 62.8 cm³/mol. The lowest BCUT2D eigenvalue weighted by Crippen LogP contribution is -2.09. The first kappa shape index (κ1) is 14.1. The number of carboxylic acid groups (broad SMARTS) is 1. The molecule has 0 unspecified atom stereocenters. The number of halogens is 1. The van der Waals surface area contributed by atoms with Crippen LogP contribution in [-0.2, 0) is 4.79 Å². The summed E-state index contributed by atoms with van der Waals surface area (Å²) in [6.07, 6.45) is 0. The van der Waals surface area contributed by atoms with E-state index in [2.05, 4.69) is 0 Å². The number of carboxylic acids is 1. The maximum absolute atomic E-state index is 11.1. The van der Waals surface area contributed by atoms with Gasteiger partial charge >= 0.3 is 11.9 Å². The molecule has 1 rings (SSSR count). The average Bonchev–Trinajstić information content (AvgIpc) is 2.26. The van der Waals surface area contributed by atoms with Gasteiger partial charge in [-0.1, -0.05) is 11.6 Å². The highest BCUT2D eigenvalue weighted by molar-refractivity contribution is 6.35. The Morgan fingerprint density at radius 1 is 1.22 bits per heavy atom. The van der Waals surface area contributed by atoms with E-state index < -0.39 is 11.9 Å². The summed E-state index contributed by atoms with van der Waals surface area (Å²) in [6.45, 7) is 1.15. The van der Waals surface area contributed by atoms with E-state index in [4.69, 9.17) is 30.9 Å². The molecular formula is C11H11ClO6. The van der Waals surface area contributed by atoms with E-state index in [0.29, 0.717) is 0 Å². The third-order valence-corrected chi connectivity index (χ3v) is 2.40. The zero-order valence-corrected chi connectivity index (χ0v) is 10.7. The molecule has 0 radical (unpaired) electrons. The molecule has 0 spiro atoms. The topological polar surface area (TPSA) is 82.1 Å². The molecule has 0 aliphatic rings. The molecule has 0 amide bonds. The molecule has 0 aromatic heterocycles. The van der Waals surface area contributed by atoms with Gasteiger partial charge in [-0.15, -0.1) is 0 Å². The van der Waals surface area contributed by atoms with E-state index >= 15 is 0 Å². The SMILES string of the molecule is COc1cc(OC(C)=O)c(C(=O)O)c(Cl)c1OC. The predicted octanol–water partition coefficient (Wildman–Crippen LogP) is 1.98. The van der Waals surface area contributed by atoms with Crippen molar-refractivity contribution < 1.29 is 28.9 Å². The smallest absolute Gasteiger partial charge is 0.341 e. The Bertz CT molecular complexity index is 497. The number of hydrogen-bond donors (Lipinski definition) is 1. The van der Waals surface area contributed by atoms with Gasteiger partial charge in [-0.25, -0.2) is 4.79 Å². The Balaban J connectivity index is 3.54. The molecule has 7 heteroatoms. The van der Waals surface area contributed by atoms with Crippen LogP contribution in [0.5, 0.6) is 17.2 Å². The average molecular weight is 275 g/mol. The van der Waals surface area contributed by atoms with Crippen LogP contribution in [0.2, 0.25) is 5.02 Å².